The van der Waals surface area contributed by atoms with Crippen LogP contribution in [0.25, 0.3) is 0 Å². The Balaban J connectivity index is 1.78. The maximum Gasteiger partial charge on any atom is 0.225 e. The second-order valence-corrected chi connectivity index (χ2v) is 6.91. The maximum absolute atomic E-state index is 14.1. The molecular formula is C19H24FN3O3. The van der Waals surface area contributed by atoms with Gasteiger partial charge in [-0.05, 0) is 50.3 Å². The number of methoxy groups -OCH3 is 1. The van der Waals surface area contributed by atoms with E-state index in [1.54, 1.807) is 12.1 Å². The molecule has 1 aromatic heterocycles. The number of aromatic amines is 1. The number of carbonyl (C=O) groups is 1. The molecule has 0 saturated heterocycles. The van der Waals surface area contributed by atoms with Gasteiger partial charge in [-0.3, -0.25) is 9.89 Å². The molecule has 1 aliphatic rings. The van der Waals surface area contributed by atoms with Crippen LogP contribution in [0.15, 0.2) is 18.2 Å². The highest BCUT2D eigenvalue weighted by molar-refractivity contribution is 5.79. The molecule has 0 aliphatic heterocycles. The van der Waals surface area contributed by atoms with Gasteiger partial charge in [0.05, 0.1) is 31.4 Å². The second-order valence-electron chi connectivity index (χ2n) is 6.91. The lowest BCUT2D eigenvalue weighted by atomic mass is 9.75. The van der Waals surface area contributed by atoms with Crippen molar-refractivity contribution >= 4 is 5.91 Å². The van der Waals surface area contributed by atoms with Gasteiger partial charge in [-0.15, -0.1) is 0 Å². The Hall–Kier alpha value is -2.41. The number of hydrogen-bond acceptors (Lipinski definition) is 4. The molecule has 0 bridgehead atoms. The smallest absolute Gasteiger partial charge is 0.225 e. The van der Waals surface area contributed by atoms with Gasteiger partial charge in [0.25, 0.3) is 0 Å². The first kappa shape index (κ1) is 18.4. The highest BCUT2D eigenvalue weighted by Gasteiger charge is 2.36. The molecule has 1 saturated carbocycles. The van der Waals surface area contributed by atoms with Crippen LogP contribution < -0.4 is 10.1 Å². The summed E-state index contributed by atoms with van der Waals surface area (Å²) in [4.78, 5) is 12.6. The van der Waals surface area contributed by atoms with E-state index in [9.17, 15) is 14.3 Å². The maximum atomic E-state index is 14.1. The van der Waals surface area contributed by atoms with E-state index < -0.39 is 5.82 Å². The first-order valence-corrected chi connectivity index (χ1v) is 8.70. The predicted molar refractivity (Wildman–Crippen MR) is 94.3 cm³/mol. The Labute approximate surface area is 151 Å². The summed E-state index contributed by atoms with van der Waals surface area (Å²) < 4.78 is 19.1. The van der Waals surface area contributed by atoms with E-state index in [0.717, 1.165) is 17.0 Å². The largest absolute Gasteiger partial charge is 0.494 e. The normalized spacial score (nSPS) is 20.3. The summed E-state index contributed by atoms with van der Waals surface area (Å²) in [5.41, 5.74) is 3.21. The molecule has 3 N–H and O–H groups in total. The van der Waals surface area contributed by atoms with Crippen molar-refractivity contribution in [3.05, 3.63) is 46.5 Å². The number of nitrogens with zero attached hydrogens (tertiary/aromatic N) is 1. The Morgan fingerprint density at radius 3 is 2.73 bits per heavy atom. The third-order valence-corrected chi connectivity index (χ3v) is 5.09. The number of H-pyrrole nitrogens is 1. The van der Waals surface area contributed by atoms with Crippen molar-refractivity contribution in [3.63, 3.8) is 0 Å². The zero-order chi connectivity index (χ0) is 18.8. The third-order valence-electron chi connectivity index (χ3n) is 5.09. The van der Waals surface area contributed by atoms with E-state index in [1.165, 1.54) is 13.2 Å². The molecule has 1 heterocycles. The van der Waals surface area contributed by atoms with E-state index in [0.29, 0.717) is 18.4 Å². The summed E-state index contributed by atoms with van der Waals surface area (Å²) >= 11 is 0. The SMILES string of the molecule is COc1ccc([C@@H](NC(=O)Cc2c(C)n[nH]c2C)C2CC(O)C2)cc1F. The zero-order valence-electron chi connectivity index (χ0n) is 15.2. The zero-order valence-corrected chi connectivity index (χ0v) is 15.2. The minimum Gasteiger partial charge on any atom is -0.494 e. The fraction of sp³-hybridized carbons (Fsp3) is 0.474. The van der Waals surface area contributed by atoms with E-state index in [2.05, 4.69) is 15.5 Å². The molecule has 0 radical (unpaired) electrons. The van der Waals surface area contributed by atoms with E-state index in [-0.39, 0.29) is 36.1 Å². The van der Waals surface area contributed by atoms with Crippen molar-refractivity contribution in [1.29, 1.82) is 0 Å². The van der Waals surface area contributed by atoms with Crippen LogP contribution in [0.3, 0.4) is 0 Å². The molecule has 6 nitrogen and oxygen atoms in total. The number of rotatable bonds is 6. The number of aliphatic hydroxyl groups excluding tert-OH is 1. The summed E-state index contributed by atoms with van der Waals surface area (Å²) in [6, 6.07) is 4.36. The molecule has 1 amide bonds. The number of aryl methyl sites for hydroxylation is 2. The van der Waals surface area contributed by atoms with E-state index >= 15 is 0 Å². The fourth-order valence-electron chi connectivity index (χ4n) is 3.47. The lowest BCUT2D eigenvalue weighted by Gasteiger charge is -2.38. The molecule has 2 aromatic rings. The predicted octanol–water partition coefficient (Wildman–Crippen LogP) is 2.35. The number of halogens is 1. The lowest BCUT2D eigenvalue weighted by molar-refractivity contribution is -0.122. The first-order chi connectivity index (χ1) is 12.4. The lowest BCUT2D eigenvalue weighted by Crippen LogP contribution is -2.42. The van der Waals surface area contributed by atoms with Crippen LogP contribution in [0.5, 0.6) is 5.75 Å². The molecule has 1 atom stereocenters. The molecule has 1 aliphatic carbocycles. The van der Waals surface area contributed by atoms with Gasteiger partial charge in [-0.2, -0.15) is 5.10 Å². The molecule has 3 rings (SSSR count). The van der Waals surface area contributed by atoms with Crippen LogP contribution >= 0.6 is 0 Å². The summed E-state index contributed by atoms with van der Waals surface area (Å²) in [6.45, 7) is 3.73. The van der Waals surface area contributed by atoms with Gasteiger partial charge >= 0.3 is 0 Å². The van der Waals surface area contributed by atoms with Crippen LogP contribution in [0, 0.1) is 25.6 Å². The number of amides is 1. The van der Waals surface area contributed by atoms with Gasteiger partial charge in [0.15, 0.2) is 11.6 Å². The Bertz CT molecular complexity index is 780. The average Bonchev–Trinajstić information content (AvgIpc) is 2.89. The van der Waals surface area contributed by atoms with Gasteiger partial charge in [0, 0.05) is 11.3 Å². The Morgan fingerprint density at radius 2 is 2.19 bits per heavy atom. The Morgan fingerprint density at radius 1 is 1.46 bits per heavy atom. The molecule has 1 fully saturated rings. The highest BCUT2D eigenvalue weighted by atomic mass is 19.1. The van der Waals surface area contributed by atoms with Crippen molar-refractivity contribution < 1.29 is 19.0 Å². The summed E-state index contributed by atoms with van der Waals surface area (Å²) in [6.07, 6.45) is 1.02. The van der Waals surface area contributed by atoms with Gasteiger partial charge in [-0.25, -0.2) is 4.39 Å². The topological polar surface area (TPSA) is 87.2 Å². The quantitative estimate of drug-likeness (QED) is 0.737. The number of hydrogen-bond donors (Lipinski definition) is 3. The summed E-state index contributed by atoms with van der Waals surface area (Å²) in [5, 5.41) is 19.6. The second kappa shape index (κ2) is 7.45. The van der Waals surface area contributed by atoms with Crippen molar-refractivity contribution in [1.82, 2.24) is 15.5 Å². The molecule has 0 unspecified atom stereocenters. The van der Waals surface area contributed by atoms with Gasteiger partial charge in [0.2, 0.25) is 5.91 Å². The standard InChI is InChI=1S/C19H24FN3O3/c1-10-15(11(2)23-22-10)9-18(25)21-19(13-6-14(24)7-13)12-4-5-17(26-3)16(20)8-12/h4-5,8,13-14,19,24H,6-7,9H2,1-3H3,(H,21,25)(H,22,23)/t13?,14?,19-/m1/s1. The monoisotopic (exact) mass is 361 g/mol. The Kier molecular flexibility index (Phi) is 5.27. The van der Waals surface area contributed by atoms with Crippen molar-refractivity contribution in [2.75, 3.05) is 7.11 Å². The number of aliphatic hydroxyl groups is 1. The van der Waals surface area contributed by atoms with Gasteiger partial charge < -0.3 is 15.2 Å². The van der Waals surface area contributed by atoms with Crippen LogP contribution in [0.1, 0.15) is 41.4 Å². The van der Waals surface area contributed by atoms with Crippen LogP contribution in [-0.2, 0) is 11.2 Å². The fourth-order valence-corrected chi connectivity index (χ4v) is 3.47. The van der Waals surface area contributed by atoms with Crippen molar-refractivity contribution in [2.45, 2.75) is 45.3 Å². The molecule has 26 heavy (non-hydrogen) atoms. The first-order valence-electron chi connectivity index (χ1n) is 8.70. The number of carbonyl (C=O) groups excluding carboxylic acids is 1. The minimum absolute atomic E-state index is 0.0771. The van der Waals surface area contributed by atoms with Gasteiger partial charge in [-0.1, -0.05) is 6.07 Å². The number of nitrogens with one attached hydrogen (secondary N) is 2. The molecular weight excluding hydrogens is 337 g/mol. The molecule has 140 valence electrons. The molecule has 0 spiro atoms. The summed E-state index contributed by atoms with van der Waals surface area (Å²) in [5.74, 6) is -0.378. The van der Waals surface area contributed by atoms with Crippen LogP contribution in [0.2, 0.25) is 0 Å². The number of ether oxygens (including phenoxy) is 1. The van der Waals surface area contributed by atoms with E-state index in [4.69, 9.17) is 4.74 Å². The summed E-state index contributed by atoms with van der Waals surface area (Å²) in [7, 11) is 1.41. The third kappa shape index (κ3) is 3.72. The number of benzene rings is 1. The van der Waals surface area contributed by atoms with Crippen LogP contribution in [0.4, 0.5) is 4.39 Å². The highest BCUT2D eigenvalue weighted by Crippen LogP contribution is 2.39. The van der Waals surface area contributed by atoms with Gasteiger partial charge in [0.1, 0.15) is 0 Å². The number of aromatic nitrogens is 2. The van der Waals surface area contributed by atoms with Crippen LogP contribution in [-0.4, -0.2) is 34.4 Å². The average molecular weight is 361 g/mol. The minimum atomic E-state index is -0.467. The van der Waals surface area contributed by atoms with E-state index in [1.807, 2.05) is 13.8 Å². The van der Waals surface area contributed by atoms with Crippen molar-refractivity contribution in [3.8, 4) is 5.75 Å². The molecule has 1 aromatic carbocycles. The molecule has 7 heteroatoms. The van der Waals surface area contributed by atoms with Crippen molar-refractivity contribution in [2.24, 2.45) is 5.92 Å².